The van der Waals surface area contributed by atoms with Crippen molar-refractivity contribution in [1.29, 1.82) is 0 Å². The van der Waals surface area contributed by atoms with Gasteiger partial charge in [0.05, 0.1) is 6.10 Å². The summed E-state index contributed by atoms with van der Waals surface area (Å²) in [5.74, 6) is 0.580. The number of piperidine rings is 1. The van der Waals surface area contributed by atoms with Gasteiger partial charge in [0.25, 0.3) is 6.47 Å². The van der Waals surface area contributed by atoms with Gasteiger partial charge >= 0.3 is 0 Å². The summed E-state index contributed by atoms with van der Waals surface area (Å²) in [5.41, 5.74) is 0. The third-order valence-corrected chi connectivity index (χ3v) is 2.04. The van der Waals surface area contributed by atoms with Gasteiger partial charge in [0.1, 0.15) is 0 Å². The van der Waals surface area contributed by atoms with E-state index in [-0.39, 0.29) is 6.10 Å². The van der Waals surface area contributed by atoms with Crippen molar-refractivity contribution in [3.8, 4) is 0 Å². The molecule has 2 N–H and O–H groups in total. The lowest BCUT2D eigenvalue weighted by Crippen LogP contribution is -2.29. The van der Waals surface area contributed by atoms with Crippen molar-refractivity contribution in [3.63, 3.8) is 0 Å². The first kappa shape index (κ1) is 13.4. The highest BCUT2D eigenvalue weighted by Crippen LogP contribution is 2.08. The first-order valence-electron chi connectivity index (χ1n) is 5.11. The van der Waals surface area contributed by atoms with Gasteiger partial charge in [-0.15, -0.1) is 0 Å². The van der Waals surface area contributed by atoms with E-state index >= 15 is 0 Å². The van der Waals surface area contributed by atoms with Crippen LogP contribution in [-0.4, -0.2) is 37.4 Å². The Morgan fingerprint density at radius 1 is 1.50 bits per heavy atom. The van der Waals surface area contributed by atoms with Crippen LogP contribution in [-0.2, 0) is 9.53 Å². The predicted molar refractivity (Wildman–Crippen MR) is 55.0 cm³/mol. The highest BCUT2D eigenvalue weighted by atomic mass is 16.5. The van der Waals surface area contributed by atoms with E-state index < -0.39 is 0 Å². The zero-order valence-electron chi connectivity index (χ0n) is 9.03. The van der Waals surface area contributed by atoms with Crippen LogP contribution in [0.1, 0.15) is 26.7 Å². The number of aliphatic hydroxyl groups is 1. The molecule has 1 saturated heterocycles. The number of hydrogen-bond acceptors (Lipinski definition) is 4. The van der Waals surface area contributed by atoms with Gasteiger partial charge in [-0.3, -0.25) is 4.79 Å². The van der Waals surface area contributed by atoms with Crippen LogP contribution >= 0.6 is 0 Å². The molecule has 0 aromatic rings. The van der Waals surface area contributed by atoms with E-state index in [1.165, 1.54) is 0 Å². The molecule has 0 aliphatic carbocycles. The van der Waals surface area contributed by atoms with Gasteiger partial charge in [0.15, 0.2) is 0 Å². The summed E-state index contributed by atoms with van der Waals surface area (Å²) < 4.78 is 4.36. The molecule has 0 atom stereocenters. The van der Waals surface area contributed by atoms with Crippen LogP contribution in [0.15, 0.2) is 0 Å². The van der Waals surface area contributed by atoms with E-state index in [1.54, 1.807) is 13.8 Å². The monoisotopic (exact) mass is 203 g/mol. The Morgan fingerprint density at radius 2 is 2.07 bits per heavy atom. The van der Waals surface area contributed by atoms with Crippen LogP contribution in [0, 0.1) is 5.92 Å². The lowest BCUT2D eigenvalue weighted by Gasteiger charge is -2.19. The lowest BCUT2D eigenvalue weighted by atomic mass is 10.00. The maximum atomic E-state index is 9.39. The molecule has 0 radical (unpaired) electrons. The van der Waals surface area contributed by atoms with E-state index in [0.29, 0.717) is 19.0 Å². The molecule has 4 nitrogen and oxygen atoms in total. The van der Waals surface area contributed by atoms with Crippen molar-refractivity contribution in [2.24, 2.45) is 5.92 Å². The molecule has 14 heavy (non-hydrogen) atoms. The Balaban J connectivity index is 0.000000255. The summed E-state index contributed by atoms with van der Waals surface area (Å²) in [4.78, 5) is 9.39. The summed E-state index contributed by atoms with van der Waals surface area (Å²) >= 11 is 0. The average molecular weight is 203 g/mol. The van der Waals surface area contributed by atoms with Crippen LogP contribution in [0.25, 0.3) is 0 Å². The van der Waals surface area contributed by atoms with Crippen molar-refractivity contribution in [3.05, 3.63) is 0 Å². The maximum absolute atomic E-state index is 9.39. The quantitative estimate of drug-likeness (QED) is 0.657. The number of carbonyl (C=O) groups excluding carboxylic acids is 1. The van der Waals surface area contributed by atoms with Crippen molar-refractivity contribution >= 4 is 6.47 Å². The minimum Gasteiger partial charge on any atom is -0.465 e. The third kappa shape index (κ3) is 8.01. The van der Waals surface area contributed by atoms with E-state index in [0.717, 1.165) is 25.9 Å². The summed E-state index contributed by atoms with van der Waals surface area (Å²) in [5, 5.41) is 11.9. The smallest absolute Gasteiger partial charge is 0.293 e. The van der Waals surface area contributed by atoms with Gasteiger partial charge in [-0.25, -0.2) is 0 Å². The fourth-order valence-corrected chi connectivity index (χ4v) is 1.18. The Labute approximate surface area is 85.6 Å². The lowest BCUT2D eigenvalue weighted by molar-refractivity contribution is -0.131. The molecule has 0 amide bonds. The zero-order valence-corrected chi connectivity index (χ0v) is 9.03. The molecular formula is C10H21NO3. The number of carbonyl (C=O) groups is 1. The highest BCUT2D eigenvalue weighted by Gasteiger charge is 2.09. The van der Waals surface area contributed by atoms with Crippen LogP contribution < -0.4 is 5.32 Å². The molecule has 0 bridgehead atoms. The highest BCUT2D eigenvalue weighted by molar-refractivity contribution is 5.37. The fraction of sp³-hybridized carbons (Fsp3) is 0.900. The molecule has 84 valence electrons. The second kappa shape index (κ2) is 8.97. The summed E-state index contributed by atoms with van der Waals surface area (Å²) in [6.45, 7) is 6.60. The SMILES string of the molecule is CC(C)OC=O.OCC1CCNCC1. The number of ether oxygens (including phenoxy) is 1. The normalized spacial score (nSPS) is 17.1. The summed E-state index contributed by atoms with van der Waals surface area (Å²) in [6.07, 6.45) is 2.33. The molecule has 1 aliphatic rings. The molecule has 1 heterocycles. The van der Waals surface area contributed by atoms with Crippen LogP contribution in [0.3, 0.4) is 0 Å². The number of aliphatic hydroxyl groups excluding tert-OH is 1. The summed E-state index contributed by atoms with van der Waals surface area (Å²) in [7, 11) is 0. The van der Waals surface area contributed by atoms with E-state index in [1.807, 2.05) is 0 Å². The van der Waals surface area contributed by atoms with Crippen LogP contribution in [0.2, 0.25) is 0 Å². The predicted octanol–water partition coefficient (Wildman–Crippen LogP) is 0.546. The van der Waals surface area contributed by atoms with Crippen molar-refractivity contribution in [2.45, 2.75) is 32.8 Å². The van der Waals surface area contributed by atoms with Gasteiger partial charge in [-0.05, 0) is 45.7 Å². The zero-order chi connectivity index (χ0) is 10.8. The van der Waals surface area contributed by atoms with Crippen molar-refractivity contribution in [1.82, 2.24) is 5.32 Å². The number of nitrogens with one attached hydrogen (secondary N) is 1. The van der Waals surface area contributed by atoms with Crippen LogP contribution in [0.4, 0.5) is 0 Å². The molecule has 0 spiro atoms. The largest absolute Gasteiger partial charge is 0.465 e. The minimum atomic E-state index is 0.0301. The molecule has 1 fully saturated rings. The molecule has 0 unspecified atom stereocenters. The Bertz CT molecular complexity index is 133. The molecule has 4 heteroatoms. The number of hydrogen-bond donors (Lipinski definition) is 2. The second-order valence-electron chi connectivity index (χ2n) is 3.66. The minimum absolute atomic E-state index is 0.0301. The van der Waals surface area contributed by atoms with E-state index in [2.05, 4.69) is 10.1 Å². The molecule has 0 aromatic carbocycles. The van der Waals surface area contributed by atoms with Gasteiger partial charge in [-0.2, -0.15) is 0 Å². The third-order valence-electron chi connectivity index (χ3n) is 2.04. The first-order chi connectivity index (χ1) is 6.70. The van der Waals surface area contributed by atoms with Gasteiger partial charge in [0.2, 0.25) is 0 Å². The molecule has 0 aromatic heterocycles. The van der Waals surface area contributed by atoms with E-state index in [9.17, 15) is 4.79 Å². The average Bonchev–Trinajstić information content (AvgIpc) is 2.20. The second-order valence-corrected chi connectivity index (χ2v) is 3.66. The fourth-order valence-electron chi connectivity index (χ4n) is 1.18. The molecule has 0 saturated carbocycles. The Hall–Kier alpha value is -0.610. The van der Waals surface area contributed by atoms with Gasteiger partial charge in [-0.1, -0.05) is 0 Å². The van der Waals surface area contributed by atoms with Crippen molar-refractivity contribution in [2.75, 3.05) is 19.7 Å². The van der Waals surface area contributed by atoms with Gasteiger partial charge < -0.3 is 15.2 Å². The number of rotatable bonds is 3. The Morgan fingerprint density at radius 3 is 2.29 bits per heavy atom. The van der Waals surface area contributed by atoms with Gasteiger partial charge in [0, 0.05) is 6.61 Å². The Kier molecular flexibility index (Phi) is 8.57. The van der Waals surface area contributed by atoms with Crippen LogP contribution in [0.5, 0.6) is 0 Å². The van der Waals surface area contributed by atoms with Crippen molar-refractivity contribution < 1.29 is 14.6 Å². The van der Waals surface area contributed by atoms with E-state index in [4.69, 9.17) is 5.11 Å². The standard InChI is InChI=1S/C6H13NO.C4H8O2/c8-5-6-1-3-7-4-2-6;1-4(2)6-3-5/h6-8H,1-5H2;3-4H,1-2H3. The topological polar surface area (TPSA) is 58.6 Å². The molecular weight excluding hydrogens is 182 g/mol. The summed E-state index contributed by atoms with van der Waals surface area (Å²) in [6, 6.07) is 0. The maximum Gasteiger partial charge on any atom is 0.293 e. The molecule has 1 rings (SSSR count). The molecule has 1 aliphatic heterocycles. The first-order valence-corrected chi connectivity index (χ1v) is 5.11.